The number of nitrogens with zero attached hydrogens (tertiary/aromatic N) is 3. The van der Waals surface area contributed by atoms with Crippen LogP contribution in [-0.2, 0) is 10.8 Å². The van der Waals surface area contributed by atoms with Crippen molar-refractivity contribution >= 4 is 39.7 Å². The zero-order valence-electron chi connectivity index (χ0n) is 13.9. The van der Waals surface area contributed by atoms with Gasteiger partial charge in [0.25, 0.3) is 0 Å². The van der Waals surface area contributed by atoms with Crippen LogP contribution in [0.1, 0.15) is 0 Å². The molecule has 0 aliphatic heterocycles. The normalized spacial score (nSPS) is 12.2. The molecule has 0 spiro atoms. The fourth-order valence-electron chi connectivity index (χ4n) is 2.67. The molecule has 5 nitrogen and oxygen atoms in total. The summed E-state index contributed by atoms with van der Waals surface area (Å²) in [5.74, 6) is 0.495. The van der Waals surface area contributed by atoms with Gasteiger partial charge in [0.05, 0.1) is 5.69 Å². The number of pyridine rings is 1. The van der Waals surface area contributed by atoms with E-state index in [0.717, 1.165) is 27.5 Å². The van der Waals surface area contributed by atoms with E-state index in [2.05, 4.69) is 15.4 Å². The zero-order valence-corrected chi connectivity index (χ0v) is 15.5. The fraction of sp³-hybridized carbons (Fsp3) is 0.0526. The van der Waals surface area contributed by atoms with Gasteiger partial charge in [0.1, 0.15) is 0 Å². The minimum atomic E-state index is -1.04. The lowest BCUT2D eigenvalue weighted by atomic mass is 10.1. The van der Waals surface area contributed by atoms with Crippen molar-refractivity contribution < 1.29 is 4.21 Å². The first-order chi connectivity index (χ1) is 12.6. The summed E-state index contributed by atoms with van der Waals surface area (Å²) in [6, 6.07) is 20.8. The highest BCUT2D eigenvalue weighted by Crippen LogP contribution is 2.24. The SMILES string of the molecule is CS(=O)c1cccc(-c2cccc3nc(Nc4ccc(Cl)cc4)nn23)c1. The van der Waals surface area contributed by atoms with Gasteiger partial charge in [0.15, 0.2) is 5.65 Å². The Morgan fingerprint density at radius 1 is 1.04 bits per heavy atom. The number of hydrogen-bond donors (Lipinski definition) is 1. The highest BCUT2D eigenvalue weighted by atomic mass is 35.5. The van der Waals surface area contributed by atoms with Gasteiger partial charge in [-0.05, 0) is 48.5 Å². The van der Waals surface area contributed by atoms with Crippen LogP contribution in [0.3, 0.4) is 0 Å². The summed E-state index contributed by atoms with van der Waals surface area (Å²) in [4.78, 5) is 5.30. The van der Waals surface area contributed by atoms with Crippen LogP contribution in [-0.4, -0.2) is 25.1 Å². The van der Waals surface area contributed by atoms with Gasteiger partial charge in [0.2, 0.25) is 5.95 Å². The summed E-state index contributed by atoms with van der Waals surface area (Å²) in [5.41, 5.74) is 3.40. The number of rotatable bonds is 4. The molecule has 0 radical (unpaired) electrons. The molecule has 1 unspecified atom stereocenters. The molecule has 4 aromatic rings. The molecule has 0 saturated heterocycles. The lowest BCUT2D eigenvalue weighted by molar-refractivity contribution is 0.687. The predicted molar refractivity (Wildman–Crippen MR) is 105 cm³/mol. The largest absolute Gasteiger partial charge is 0.323 e. The Morgan fingerprint density at radius 2 is 1.81 bits per heavy atom. The summed E-state index contributed by atoms with van der Waals surface area (Å²) >= 11 is 5.92. The Bertz CT molecular complexity index is 1110. The highest BCUT2D eigenvalue weighted by molar-refractivity contribution is 7.84. The number of fused-ring (bicyclic) bond motifs is 1. The maximum atomic E-state index is 11.8. The molecule has 0 bridgehead atoms. The Labute approximate surface area is 158 Å². The van der Waals surface area contributed by atoms with Crippen LogP contribution in [0.25, 0.3) is 16.9 Å². The molecule has 26 heavy (non-hydrogen) atoms. The van der Waals surface area contributed by atoms with E-state index in [1.54, 1.807) is 10.8 Å². The molecule has 2 heterocycles. The molecule has 1 atom stereocenters. The van der Waals surface area contributed by atoms with Crippen molar-refractivity contribution in [2.75, 3.05) is 11.6 Å². The van der Waals surface area contributed by atoms with Gasteiger partial charge < -0.3 is 5.32 Å². The second kappa shape index (κ2) is 6.90. The second-order valence-electron chi connectivity index (χ2n) is 5.73. The van der Waals surface area contributed by atoms with Gasteiger partial charge in [-0.2, -0.15) is 4.98 Å². The number of halogens is 1. The van der Waals surface area contributed by atoms with Crippen LogP contribution < -0.4 is 5.32 Å². The molecule has 0 fully saturated rings. The molecule has 1 N–H and O–H groups in total. The van der Waals surface area contributed by atoms with Gasteiger partial charge in [-0.25, -0.2) is 4.52 Å². The van der Waals surface area contributed by atoms with E-state index in [-0.39, 0.29) is 0 Å². The highest BCUT2D eigenvalue weighted by Gasteiger charge is 2.10. The molecule has 0 saturated carbocycles. The topological polar surface area (TPSA) is 59.3 Å². The first kappa shape index (κ1) is 16.8. The Balaban J connectivity index is 1.75. The van der Waals surface area contributed by atoms with Gasteiger partial charge in [-0.3, -0.25) is 4.21 Å². The van der Waals surface area contributed by atoms with Crippen LogP contribution in [0.5, 0.6) is 0 Å². The molecule has 0 aliphatic carbocycles. The van der Waals surface area contributed by atoms with Crippen molar-refractivity contribution in [3.8, 4) is 11.3 Å². The second-order valence-corrected chi connectivity index (χ2v) is 7.55. The third-order valence-corrected chi connectivity index (χ3v) is 5.09. The lowest BCUT2D eigenvalue weighted by Crippen LogP contribution is -1.96. The van der Waals surface area contributed by atoms with Crippen molar-refractivity contribution in [1.82, 2.24) is 14.6 Å². The minimum absolute atomic E-state index is 0.495. The van der Waals surface area contributed by atoms with Crippen molar-refractivity contribution in [1.29, 1.82) is 0 Å². The van der Waals surface area contributed by atoms with Crippen molar-refractivity contribution in [3.63, 3.8) is 0 Å². The van der Waals surface area contributed by atoms with Gasteiger partial charge in [-0.1, -0.05) is 29.8 Å². The summed E-state index contributed by atoms with van der Waals surface area (Å²) in [7, 11) is -1.04. The fourth-order valence-corrected chi connectivity index (χ4v) is 3.36. The number of benzene rings is 2. The minimum Gasteiger partial charge on any atom is -0.323 e. The van der Waals surface area contributed by atoms with E-state index in [1.807, 2.05) is 66.7 Å². The molecular formula is C19H15ClN4OS. The first-order valence-electron chi connectivity index (χ1n) is 7.92. The molecule has 0 amide bonds. The van der Waals surface area contributed by atoms with E-state index in [4.69, 9.17) is 11.6 Å². The summed E-state index contributed by atoms with van der Waals surface area (Å²) in [6.07, 6.45) is 1.67. The maximum absolute atomic E-state index is 11.8. The standard InChI is InChI=1S/C19H15ClN4OS/c1-26(25)16-5-2-4-13(12-16)17-6-3-7-18-22-19(23-24(17)18)21-15-10-8-14(20)9-11-15/h2-12H,1H3,(H,21,23). The van der Waals surface area contributed by atoms with Crippen LogP contribution in [0.4, 0.5) is 11.6 Å². The van der Waals surface area contributed by atoms with Gasteiger partial charge in [0, 0.05) is 38.2 Å². The molecule has 2 aromatic carbocycles. The first-order valence-corrected chi connectivity index (χ1v) is 9.86. The third-order valence-electron chi connectivity index (χ3n) is 3.92. The van der Waals surface area contributed by atoms with Crippen molar-refractivity contribution in [2.45, 2.75) is 4.90 Å². The summed E-state index contributed by atoms with van der Waals surface area (Å²) in [6.45, 7) is 0. The number of hydrogen-bond acceptors (Lipinski definition) is 4. The number of nitrogens with one attached hydrogen (secondary N) is 1. The molecule has 7 heteroatoms. The molecule has 130 valence electrons. The van der Waals surface area contributed by atoms with Crippen LogP contribution in [0.2, 0.25) is 5.02 Å². The van der Waals surface area contributed by atoms with E-state index < -0.39 is 10.8 Å². The summed E-state index contributed by atoms with van der Waals surface area (Å²) < 4.78 is 13.6. The van der Waals surface area contributed by atoms with Crippen LogP contribution in [0.15, 0.2) is 71.6 Å². The van der Waals surface area contributed by atoms with E-state index >= 15 is 0 Å². The molecular weight excluding hydrogens is 368 g/mol. The van der Waals surface area contributed by atoms with E-state index in [9.17, 15) is 4.21 Å². The monoisotopic (exact) mass is 382 g/mol. The predicted octanol–water partition coefficient (Wildman–Crippen LogP) is 4.53. The van der Waals surface area contributed by atoms with Crippen molar-refractivity contribution in [2.24, 2.45) is 0 Å². The molecule has 0 aliphatic rings. The quantitative estimate of drug-likeness (QED) is 0.563. The van der Waals surface area contributed by atoms with Gasteiger partial charge in [-0.15, -0.1) is 5.10 Å². The van der Waals surface area contributed by atoms with Crippen molar-refractivity contribution in [3.05, 3.63) is 71.8 Å². The third kappa shape index (κ3) is 3.34. The average Bonchev–Trinajstić information content (AvgIpc) is 3.06. The smallest absolute Gasteiger partial charge is 0.247 e. The number of anilines is 2. The average molecular weight is 383 g/mol. The molecule has 4 rings (SSSR count). The van der Waals surface area contributed by atoms with Crippen LogP contribution in [0, 0.1) is 0 Å². The van der Waals surface area contributed by atoms with Crippen LogP contribution >= 0.6 is 11.6 Å². The Kier molecular flexibility index (Phi) is 4.44. The Morgan fingerprint density at radius 3 is 2.58 bits per heavy atom. The zero-order chi connectivity index (χ0) is 18.1. The van der Waals surface area contributed by atoms with E-state index in [0.29, 0.717) is 11.0 Å². The Hall–Kier alpha value is -2.70. The summed E-state index contributed by atoms with van der Waals surface area (Å²) in [5, 5.41) is 8.42. The lowest BCUT2D eigenvalue weighted by Gasteiger charge is -2.05. The number of aromatic nitrogens is 3. The maximum Gasteiger partial charge on any atom is 0.247 e. The van der Waals surface area contributed by atoms with E-state index in [1.165, 1.54) is 0 Å². The van der Waals surface area contributed by atoms with Gasteiger partial charge >= 0.3 is 0 Å². The molecule has 2 aromatic heterocycles.